The molecule has 5 nitrogen and oxygen atoms in total. The molecule has 5 heteroatoms. The average Bonchev–Trinajstić information content (AvgIpc) is 2.66. The van der Waals surface area contributed by atoms with Gasteiger partial charge in [0.05, 0.1) is 0 Å². The summed E-state index contributed by atoms with van der Waals surface area (Å²) in [4.78, 5) is 29.5. The van der Waals surface area contributed by atoms with Gasteiger partial charge >= 0.3 is 0 Å². The van der Waals surface area contributed by atoms with Gasteiger partial charge in [-0.15, -0.1) is 0 Å². The summed E-state index contributed by atoms with van der Waals surface area (Å²) in [7, 11) is 1.73. The summed E-state index contributed by atoms with van der Waals surface area (Å²) in [6, 6.07) is 10.9. The molecule has 2 aromatic rings. The second-order valence-corrected chi connectivity index (χ2v) is 5.37. The molecular weight excluding hydrogens is 314 g/mol. The van der Waals surface area contributed by atoms with Gasteiger partial charge in [-0.25, -0.2) is 0 Å². The number of nitrogens with zero attached hydrogens (tertiary/aromatic N) is 2. The SMILES string of the molecule is C/C=C/C=C\C(=O)NCc1ccc(N(C)C(=O)c2ccncc2)cc1. The van der Waals surface area contributed by atoms with Gasteiger partial charge in [-0.05, 0) is 36.8 Å². The van der Waals surface area contributed by atoms with E-state index < -0.39 is 0 Å². The molecule has 2 rings (SSSR count). The van der Waals surface area contributed by atoms with Crippen LogP contribution in [0.2, 0.25) is 0 Å². The fourth-order valence-corrected chi connectivity index (χ4v) is 2.14. The molecule has 0 radical (unpaired) electrons. The number of carbonyl (C=O) groups is 2. The third kappa shape index (κ3) is 5.42. The van der Waals surface area contributed by atoms with Crippen molar-refractivity contribution in [1.29, 1.82) is 0 Å². The van der Waals surface area contributed by atoms with Crippen LogP contribution < -0.4 is 10.2 Å². The largest absolute Gasteiger partial charge is 0.348 e. The quantitative estimate of drug-likeness (QED) is 0.652. The van der Waals surface area contributed by atoms with Crippen LogP contribution in [0.3, 0.4) is 0 Å². The molecule has 2 amide bonds. The predicted molar refractivity (Wildman–Crippen MR) is 99.2 cm³/mol. The van der Waals surface area contributed by atoms with Crippen molar-refractivity contribution in [3.63, 3.8) is 0 Å². The van der Waals surface area contributed by atoms with Gasteiger partial charge in [0.1, 0.15) is 0 Å². The first-order valence-corrected chi connectivity index (χ1v) is 7.96. The average molecular weight is 335 g/mol. The number of hydrogen-bond donors (Lipinski definition) is 1. The van der Waals surface area contributed by atoms with Crippen LogP contribution in [-0.4, -0.2) is 23.8 Å². The Morgan fingerprint density at radius 1 is 1.08 bits per heavy atom. The molecule has 0 saturated heterocycles. The molecule has 0 saturated carbocycles. The maximum atomic E-state index is 12.4. The van der Waals surface area contributed by atoms with Crippen molar-refractivity contribution in [2.45, 2.75) is 13.5 Å². The number of rotatable bonds is 6. The lowest BCUT2D eigenvalue weighted by molar-refractivity contribution is -0.116. The van der Waals surface area contributed by atoms with Gasteiger partial charge in [0, 0.05) is 43.3 Å². The van der Waals surface area contributed by atoms with E-state index in [0.29, 0.717) is 12.1 Å². The number of aromatic nitrogens is 1. The van der Waals surface area contributed by atoms with E-state index in [-0.39, 0.29) is 11.8 Å². The van der Waals surface area contributed by atoms with E-state index in [1.807, 2.05) is 37.3 Å². The number of amides is 2. The van der Waals surface area contributed by atoms with Crippen LogP contribution >= 0.6 is 0 Å². The second-order valence-electron chi connectivity index (χ2n) is 5.37. The number of pyridine rings is 1. The third-order valence-electron chi connectivity index (χ3n) is 3.57. The van der Waals surface area contributed by atoms with Crippen molar-refractivity contribution in [2.75, 3.05) is 11.9 Å². The molecule has 0 aliphatic rings. The minimum absolute atomic E-state index is 0.0995. The molecule has 0 aliphatic heterocycles. The van der Waals surface area contributed by atoms with Gasteiger partial charge < -0.3 is 10.2 Å². The Morgan fingerprint density at radius 3 is 2.40 bits per heavy atom. The molecule has 1 aromatic heterocycles. The summed E-state index contributed by atoms with van der Waals surface area (Å²) in [5.41, 5.74) is 2.33. The summed E-state index contributed by atoms with van der Waals surface area (Å²) in [6.45, 7) is 2.32. The number of hydrogen-bond acceptors (Lipinski definition) is 3. The molecular formula is C20H21N3O2. The molecule has 1 aromatic carbocycles. The van der Waals surface area contributed by atoms with Crippen LogP contribution in [0.15, 0.2) is 73.1 Å². The Morgan fingerprint density at radius 2 is 1.76 bits per heavy atom. The van der Waals surface area contributed by atoms with E-state index in [2.05, 4.69) is 10.3 Å². The van der Waals surface area contributed by atoms with Gasteiger partial charge in [0.25, 0.3) is 5.91 Å². The molecule has 25 heavy (non-hydrogen) atoms. The lowest BCUT2D eigenvalue weighted by Crippen LogP contribution is -2.26. The van der Waals surface area contributed by atoms with Gasteiger partial charge in [-0.3, -0.25) is 14.6 Å². The van der Waals surface area contributed by atoms with Crippen molar-refractivity contribution in [3.8, 4) is 0 Å². The highest BCUT2D eigenvalue weighted by molar-refractivity contribution is 6.05. The van der Waals surface area contributed by atoms with Gasteiger partial charge in [-0.2, -0.15) is 0 Å². The smallest absolute Gasteiger partial charge is 0.258 e. The van der Waals surface area contributed by atoms with E-state index in [0.717, 1.165) is 11.3 Å². The Kier molecular flexibility index (Phi) is 6.65. The van der Waals surface area contributed by atoms with Crippen molar-refractivity contribution in [2.24, 2.45) is 0 Å². The first-order valence-electron chi connectivity index (χ1n) is 7.96. The molecule has 0 bridgehead atoms. The third-order valence-corrected chi connectivity index (χ3v) is 3.57. The topological polar surface area (TPSA) is 62.3 Å². The molecule has 128 valence electrons. The van der Waals surface area contributed by atoms with Crippen molar-refractivity contribution < 1.29 is 9.59 Å². The Bertz CT molecular complexity index is 765. The molecule has 1 N–H and O–H groups in total. The maximum Gasteiger partial charge on any atom is 0.258 e. The molecule has 0 spiro atoms. The van der Waals surface area contributed by atoms with Gasteiger partial charge in [0.15, 0.2) is 0 Å². The number of allylic oxidation sites excluding steroid dienone is 3. The fraction of sp³-hybridized carbons (Fsp3) is 0.150. The Balaban J connectivity index is 1.95. The summed E-state index contributed by atoms with van der Waals surface area (Å²) in [5, 5.41) is 2.81. The lowest BCUT2D eigenvalue weighted by atomic mass is 10.1. The highest BCUT2D eigenvalue weighted by Gasteiger charge is 2.12. The maximum absolute atomic E-state index is 12.4. The molecule has 0 fully saturated rings. The monoisotopic (exact) mass is 335 g/mol. The number of nitrogens with one attached hydrogen (secondary N) is 1. The Labute approximate surface area is 147 Å². The van der Waals surface area contributed by atoms with Crippen molar-refractivity contribution in [1.82, 2.24) is 10.3 Å². The van der Waals surface area contributed by atoms with Gasteiger partial charge in [-0.1, -0.05) is 30.4 Å². The zero-order chi connectivity index (χ0) is 18.1. The summed E-state index contributed by atoms with van der Waals surface area (Å²) >= 11 is 0. The highest BCUT2D eigenvalue weighted by atomic mass is 16.2. The van der Waals surface area contributed by atoms with Crippen LogP contribution in [0.1, 0.15) is 22.8 Å². The highest BCUT2D eigenvalue weighted by Crippen LogP contribution is 2.16. The van der Waals surface area contributed by atoms with Crippen molar-refractivity contribution >= 4 is 17.5 Å². The zero-order valence-corrected chi connectivity index (χ0v) is 14.3. The minimum Gasteiger partial charge on any atom is -0.348 e. The van der Waals surface area contributed by atoms with Crippen LogP contribution in [0.4, 0.5) is 5.69 Å². The Hall–Kier alpha value is -3.21. The number of anilines is 1. The minimum atomic E-state index is -0.146. The van der Waals surface area contributed by atoms with E-state index in [1.54, 1.807) is 48.6 Å². The molecule has 0 atom stereocenters. The van der Waals surface area contributed by atoms with E-state index >= 15 is 0 Å². The predicted octanol–water partition coefficient (Wildman–Crippen LogP) is 3.11. The van der Waals surface area contributed by atoms with Crippen LogP contribution in [0.25, 0.3) is 0 Å². The van der Waals surface area contributed by atoms with E-state index in [9.17, 15) is 9.59 Å². The molecule has 0 aliphatic carbocycles. The molecule has 1 heterocycles. The van der Waals surface area contributed by atoms with Gasteiger partial charge in [0.2, 0.25) is 5.91 Å². The standard InChI is InChI=1S/C20H21N3O2/c1-3-4-5-6-19(24)22-15-16-7-9-18(10-8-16)23(2)20(25)17-11-13-21-14-12-17/h3-14H,15H2,1-2H3,(H,22,24)/b4-3+,6-5-. The number of benzene rings is 1. The first kappa shape index (κ1) is 18.1. The fourth-order valence-electron chi connectivity index (χ4n) is 2.14. The molecule has 0 unspecified atom stereocenters. The lowest BCUT2D eigenvalue weighted by Gasteiger charge is -2.17. The van der Waals surface area contributed by atoms with Crippen molar-refractivity contribution in [3.05, 3.63) is 84.2 Å². The summed E-state index contributed by atoms with van der Waals surface area (Å²) in [6.07, 6.45) is 10.0. The van der Waals surface area contributed by atoms with Crippen LogP contribution in [0, 0.1) is 0 Å². The first-order chi connectivity index (χ1) is 12.1. The summed E-state index contributed by atoms with van der Waals surface area (Å²) < 4.78 is 0. The second kappa shape index (κ2) is 9.17. The number of carbonyl (C=O) groups excluding carboxylic acids is 2. The normalized spacial score (nSPS) is 11.0. The van der Waals surface area contributed by atoms with E-state index in [4.69, 9.17) is 0 Å². The van der Waals surface area contributed by atoms with E-state index in [1.165, 1.54) is 6.08 Å². The van der Waals surface area contributed by atoms with Crippen LogP contribution in [-0.2, 0) is 11.3 Å². The van der Waals surface area contributed by atoms with Crippen LogP contribution in [0.5, 0.6) is 0 Å². The zero-order valence-electron chi connectivity index (χ0n) is 14.3. The summed E-state index contributed by atoms with van der Waals surface area (Å²) in [5.74, 6) is -0.246.